The summed E-state index contributed by atoms with van der Waals surface area (Å²) >= 11 is 15.7. The quantitative estimate of drug-likeness (QED) is 0.139. The number of carbonyl (C=O) groups excluding carboxylic acids is 3. The second-order valence-corrected chi connectivity index (χ2v) is 11.9. The minimum absolute atomic E-state index is 0.189. The Morgan fingerprint density at radius 2 is 1.62 bits per heavy atom. The summed E-state index contributed by atoms with van der Waals surface area (Å²) in [5.74, 6) is -0.248. The van der Waals surface area contributed by atoms with Crippen LogP contribution in [0.2, 0.25) is 10.0 Å². The molecule has 4 aromatic rings. The molecule has 0 spiro atoms. The van der Waals surface area contributed by atoms with E-state index in [1.807, 2.05) is 26.0 Å². The van der Waals surface area contributed by atoms with Crippen LogP contribution in [0, 0.1) is 13.8 Å². The minimum atomic E-state index is -0.863. The van der Waals surface area contributed by atoms with Gasteiger partial charge < -0.3 is 14.2 Å². The molecule has 0 aromatic heterocycles. The third kappa shape index (κ3) is 7.33. The van der Waals surface area contributed by atoms with Crippen LogP contribution in [0.15, 0.2) is 82.8 Å². The summed E-state index contributed by atoms with van der Waals surface area (Å²) < 4.78 is 18.0. The molecule has 230 valence electrons. The summed E-state index contributed by atoms with van der Waals surface area (Å²) in [6.45, 7) is 4.59. The second kappa shape index (κ2) is 13.8. The zero-order chi connectivity index (χ0) is 32.2. The summed E-state index contributed by atoms with van der Waals surface area (Å²) in [6, 6.07) is 20.0. The van der Waals surface area contributed by atoms with E-state index >= 15 is 0 Å². The number of hydrogen-bond acceptors (Lipinski definition) is 6. The summed E-state index contributed by atoms with van der Waals surface area (Å²) in [4.78, 5) is 39.9. The number of ether oxygens (including phenoxy) is 3. The van der Waals surface area contributed by atoms with E-state index in [1.165, 1.54) is 18.7 Å². The van der Waals surface area contributed by atoms with Gasteiger partial charge >= 0.3 is 6.03 Å². The summed E-state index contributed by atoms with van der Waals surface area (Å²) in [5, 5.41) is 3.23. The largest absolute Gasteiger partial charge is 0.493 e. The second-order valence-electron chi connectivity index (χ2n) is 10.2. The summed E-state index contributed by atoms with van der Waals surface area (Å²) in [5.41, 5.74) is 4.60. The molecular formula is C34H27BrCl2N2O6. The molecule has 4 aromatic carbocycles. The van der Waals surface area contributed by atoms with Gasteiger partial charge in [0, 0.05) is 15.6 Å². The van der Waals surface area contributed by atoms with E-state index in [0.717, 1.165) is 21.6 Å². The fourth-order valence-corrected chi connectivity index (χ4v) is 5.60. The predicted molar refractivity (Wildman–Crippen MR) is 177 cm³/mol. The zero-order valence-corrected chi connectivity index (χ0v) is 27.5. The third-order valence-corrected chi connectivity index (χ3v) is 8.30. The van der Waals surface area contributed by atoms with Crippen LogP contribution in [-0.4, -0.2) is 25.0 Å². The highest BCUT2D eigenvalue weighted by molar-refractivity contribution is 9.10. The Balaban J connectivity index is 1.33. The van der Waals surface area contributed by atoms with E-state index in [4.69, 9.17) is 37.4 Å². The number of nitrogens with one attached hydrogen (secondary N) is 1. The van der Waals surface area contributed by atoms with Gasteiger partial charge in [-0.25, -0.2) is 9.69 Å². The number of aryl methyl sites for hydroxylation is 2. The maximum absolute atomic E-state index is 13.5. The smallest absolute Gasteiger partial charge is 0.335 e. The molecule has 1 N–H and O–H groups in total. The van der Waals surface area contributed by atoms with Crippen LogP contribution in [0.5, 0.6) is 17.2 Å². The van der Waals surface area contributed by atoms with Gasteiger partial charge in [0.15, 0.2) is 11.5 Å². The Kier molecular flexibility index (Phi) is 9.82. The van der Waals surface area contributed by atoms with Crippen molar-refractivity contribution in [2.75, 3.05) is 12.0 Å². The highest BCUT2D eigenvalue weighted by atomic mass is 79.9. The molecule has 0 aliphatic carbocycles. The monoisotopic (exact) mass is 708 g/mol. The molecule has 0 radical (unpaired) electrons. The van der Waals surface area contributed by atoms with Crippen LogP contribution >= 0.6 is 39.1 Å². The average molecular weight is 710 g/mol. The number of methoxy groups -OCH3 is 1. The molecular weight excluding hydrogens is 683 g/mol. The standard InChI is InChI=1S/C34H27BrCl2N2O6/c1-19-4-5-21(12-20(19)2)17-45-31-28(35)14-22(15-30(31)43-3)13-27-32(40)38-34(42)39(33(27)41)25-8-10-26(11-9-25)44-18-23-6-7-24(36)16-29(23)37/h4-16H,17-18H2,1-3H3,(H,38,40,42)/b27-13+. The van der Waals surface area contributed by atoms with Gasteiger partial charge in [-0.2, -0.15) is 0 Å². The third-order valence-electron chi connectivity index (χ3n) is 7.12. The van der Waals surface area contributed by atoms with E-state index in [2.05, 4.69) is 27.3 Å². The van der Waals surface area contributed by atoms with Crippen LogP contribution in [0.1, 0.15) is 27.8 Å². The van der Waals surface area contributed by atoms with Gasteiger partial charge in [-0.05, 0) is 107 Å². The van der Waals surface area contributed by atoms with Gasteiger partial charge in [-0.3, -0.25) is 14.9 Å². The molecule has 1 aliphatic heterocycles. The molecule has 5 rings (SSSR count). The number of carbonyl (C=O) groups is 3. The van der Waals surface area contributed by atoms with E-state index in [1.54, 1.807) is 54.6 Å². The van der Waals surface area contributed by atoms with Crippen molar-refractivity contribution in [1.29, 1.82) is 0 Å². The maximum Gasteiger partial charge on any atom is 0.335 e. The Bertz CT molecular complexity index is 1840. The predicted octanol–water partition coefficient (Wildman–Crippen LogP) is 8.21. The maximum atomic E-state index is 13.5. The lowest BCUT2D eigenvalue weighted by molar-refractivity contribution is -0.122. The molecule has 0 unspecified atom stereocenters. The number of imide groups is 2. The molecule has 0 saturated carbocycles. The lowest BCUT2D eigenvalue weighted by Gasteiger charge is -2.26. The van der Waals surface area contributed by atoms with Crippen LogP contribution < -0.4 is 24.4 Å². The number of halogens is 3. The summed E-state index contributed by atoms with van der Waals surface area (Å²) in [7, 11) is 1.50. The molecule has 11 heteroatoms. The summed E-state index contributed by atoms with van der Waals surface area (Å²) in [6.07, 6.45) is 1.39. The number of amides is 4. The van der Waals surface area contributed by atoms with Crippen molar-refractivity contribution >= 4 is 68.7 Å². The molecule has 1 heterocycles. The van der Waals surface area contributed by atoms with Crippen LogP contribution in [0.25, 0.3) is 6.08 Å². The molecule has 0 bridgehead atoms. The molecule has 45 heavy (non-hydrogen) atoms. The van der Waals surface area contributed by atoms with Crippen molar-refractivity contribution in [2.24, 2.45) is 0 Å². The Hall–Kier alpha value is -4.31. The van der Waals surface area contributed by atoms with Gasteiger partial charge in [-0.1, -0.05) is 47.5 Å². The number of benzene rings is 4. The fraction of sp³-hybridized carbons (Fsp3) is 0.147. The van der Waals surface area contributed by atoms with Crippen molar-refractivity contribution in [3.8, 4) is 17.2 Å². The van der Waals surface area contributed by atoms with Crippen molar-refractivity contribution in [3.63, 3.8) is 0 Å². The average Bonchev–Trinajstić information content (AvgIpc) is 3.00. The number of anilines is 1. The van der Waals surface area contributed by atoms with Crippen molar-refractivity contribution in [3.05, 3.63) is 121 Å². The topological polar surface area (TPSA) is 94.2 Å². The molecule has 1 saturated heterocycles. The molecule has 8 nitrogen and oxygen atoms in total. The SMILES string of the molecule is COc1cc(/C=C2\C(=O)NC(=O)N(c3ccc(OCc4ccc(Cl)cc4Cl)cc3)C2=O)cc(Br)c1OCc1ccc(C)c(C)c1. The van der Waals surface area contributed by atoms with Gasteiger partial charge in [-0.15, -0.1) is 0 Å². The highest BCUT2D eigenvalue weighted by Gasteiger charge is 2.37. The number of hydrogen-bond donors (Lipinski definition) is 1. The first-order valence-electron chi connectivity index (χ1n) is 13.7. The highest BCUT2D eigenvalue weighted by Crippen LogP contribution is 2.38. The first-order valence-corrected chi connectivity index (χ1v) is 15.2. The van der Waals surface area contributed by atoms with E-state index in [-0.39, 0.29) is 17.9 Å². The van der Waals surface area contributed by atoms with Crippen LogP contribution in [0.4, 0.5) is 10.5 Å². The van der Waals surface area contributed by atoms with Gasteiger partial charge in [0.2, 0.25) is 0 Å². The van der Waals surface area contributed by atoms with E-state index < -0.39 is 17.8 Å². The first kappa shape index (κ1) is 32.1. The van der Waals surface area contributed by atoms with Crippen molar-refractivity contribution in [2.45, 2.75) is 27.1 Å². The Labute approximate surface area is 278 Å². The molecule has 0 atom stereocenters. The Morgan fingerprint density at radius 1 is 0.867 bits per heavy atom. The fourth-order valence-electron chi connectivity index (χ4n) is 4.56. The lowest BCUT2D eigenvalue weighted by atomic mass is 10.1. The molecule has 1 aliphatic rings. The number of nitrogens with zero attached hydrogens (tertiary/aromatic N) is 1. The first-order chi connectivity index (χ1) is 21.5. The van der Waals surface area contributed by atoms with E-state index in [9.17, 15) is 14.4 Å². The molecule has 1 fully saturated rings. The Morgan fingerprint density at radius 3 is 2.31 bits per heavy atom. The van der Waals surface area contributed by atoms with E-state index in [0.29, 0.717) is 43.9 Å². The van der Waals surface area contributed by atoms with Crippen LogP contribution in [0.3, 0.4) is 0 Å². The van der Waals surface area contributed by atoms with Gasteiger partial charge in [0.25, 0.3) is 11.8 Å². The normalized spacial score (nSPS) is 14.0. The van der Waals surface area contributed by atoms with Gasteiger partial charge in [0.1, 0.15) is 24.5 Å². The van der Waals surface area contributed by atoms with Crippen LogP contribution in [-0.2, 0) is 22.8 Å². The number of barbiturate groups is 1. The van der Waals surface area contributed by atoms with Crippen molar-refractivity contribution < 1.29 is 28.6 Å². The van der Waals surface area contributed by atoms with Crippen molar-refractivity contribution in [1.82, 2.24) is 5.32 Å². The number of urea groups is 1. The molecule has 4 amide bonds. The van der Waals surface area contributed by atoms with Gasteiger partial charge in [0.05, 0.1) is 17.3 Å². The number of rotatable bonds is 9. The minimum Gasteiger partial charge on any atom is -0.493 e. The lowest BCUT2D eigenvalue weighted by Crippen LogP contribution is -2.54. The zero-order valence-electron chi connectivity index (χ0n) is 24.5.